The Balaban J connectivity index is 2.27. The molecule has 1 heterocycles. The Morgan fingerprint density at radius 3 is 2.43 bits per heavy atom. The Labute approximate surface area is 135 Å². The zero-order chi connectivity index (χ0) is 17.0. The van der Waals surface area contributed by atoms with E-state index in [2.05, 4.69) is 5.32 Å². The number of rotatable bonds is 6. The van der Waals surface area contributed by atoms with Crippen molar-refractivity contribution in [1.82, 2.24) is 5.32 Å². The number of aliphatic carboxylic acids is 1. The molecule has 1 unspecified atom stereocenters. The lowest BCUT2D eigenvalue weighted by atomic mass is 10.0. The van der Waals surface area contributed by atoms with Gasteiger partial charge >= 0.3 is 5.97 Å². The van der Waals surface area contributed by atoms with Crippen LogP contribution in [0.3, 0.4) is 0 Å². The molecule has 1 aromatic carbocycles. The van der Waals surface area contributed by atoms with Gasteiger partial charge in [-0.2, -0.15) is 0 Å². The van der Waals surface area contributed by atoms with Crippen molar-refractivity contribution in [3.05, 3.63) is 58.5 Å². The second kappa shape index (κ2) is 7.13. The van der Waals surface area contributed by atoms with E-state index in [1.165, 1.54) is 6.26 Å². The van der Waals surface area contributed by atoms with Crippen LogP contribution in [0.1, 0.15) is 52.2 Å². The molecule has 0 radical (unpaired) electrons. The summed E-state index contributed by atoms with van der Waals surface area (Å²) in [5.74, 6) is -0.952. The van der Waals surface area contributed by atoms with Gasteiger partial charge in [-0.3, -0.25) is 4.79 Å². The number of aryl methyl sites for hydroxylation is 3. The maximum absolute atomic E-state index is 12.4. The summed E-state index contributed by atoms with van der Waals surface area (Å²) in [6, 6.07) is 5.98. The van der Waals surface area contributed by atoms with E-state index in [4.69, 9.17) is 4.42 Å². The van der Waals surface area contributed by atoms with E-state index in [1.54, 1.807) is 18.2 Å². The number of carbonyl (C=O) groups is 2. The lowest BCUT2D eigenvalue weighted by Crippen LogP contribution is -2.34. The number of benzene rings is 1. The van der Waals surface area contributed by atoms with Crippen LogP contribution in [0.25, 0.3) is 0 Å². The van der Waals surface area contributed by atoms with E-state index in [-0.39, 0.29) is 0 Å². The standard InChI is InChI=1S/C18H21NO4/c1-4-5-15-14(6-7-23-15)17(20)19-16(18(21)22)13-9-11(2)8-12(3)10-13/h6-10,16H,4-5H2,1-3H3,(H,19,20)(H,21,22). The number of hydrogen-bond donors (Lipinski definition) is 2. The van der Waals surface area contributed by atoms with Crippen molar-refractivity contribution in [3.8, 4) is 0 Å². The number of carboxylic acid groups (broad SMARTS) is 1. The molecule has 2 N–H and O–H groups in total. The molecule has 23 heavy (non-hydrogen) atoms. The highest BCUT2D eigenvalue weighted by Gasteiger charge is 2.25. The quantitative estimate of drug-likeness (QED) is 0.856. The van der Waals surface area contributed by atoms with Gasteiger partial charge in [-0.25, -0.2) is 4.79 Å². The van der Waals surface area contributed by atoms with Crippen molar-refractivity contribution in [3.63, 3.8) is 0 Å². The minimum absolute atomic E-state index is 0.391. The zero-order valence-corrected chi connectivity index (χ0v) is 13.6. The molecule has 0 saturated carbocycles. The molecule has 1 aromatic heterocycles. The molecule has 122 valence electrons. The van der Waals surface area contributed by atoms with E-state index in [9.17, 15) is 14.7 Å². The molecule has 1 amide bonds. The maximum atomic E-state index is 12.4. The van der Waals surface area contributed by atoms with Crippen molar-refractivity contribution in [2.45, 2.75) is 39.7 Å². The second-order valence-electron chi connectivity index (χ2n) is 5.67. The van der Waals surface area contributed by atoms with Crippen LogP contribution in [0, 0.1) is 13.8 Å². The minimum Gasteiger partial charge on any atom is -0.479 e. The Kier molecular flexibility index (Phi) is 5.21. The van der Waals surface area contributed by atoms with Gasteiger partial charge in [-0.05, 0) is 31.9 Å². The summed E-state index contributed by atoms with van der Waals surface area (Å²) in [5.41, 5.74) is 2.86. The van der Waals surface area contributed by atoms with Crippen molar-refractivity contribution < 1.29 is 19.1 Å². The summed E-state index contributed by atoms with van der Waals surface area (Å²) in [7, 11) is 0. The van der Waals surface area contributed by atoms with Crippen LogP contribution >= 0.6 is 0 Å². The first-order chi connectivity index (χ1) is 10.9. The summed E-state index contributed by atoms with van der Waals surface area (Å²) < 4.78 is 5.30. The van der Waals surface area contributed by atoms with Crippen LogP contribution in [-0.2, 0) is 11.2 Å². The number of hydrogen-bond acceptors (Lipinski definition) is 3. The molecule has 2 aromatic rings. The van der Waals surface area contributed by atoms with E-state index >= 15 is 0 Å². The molecule has 1 atom stereocenters. The molecule has 0 fully saturated rings. The first-order valence-corrected chi connectivity index (χ1v) is 7.60. The number of nitrogens with one attached hydrogen (secondary N) is 1. The van der Waals surface area contributed by atoms with Crippen molar-refractivity contribution >= 4 is 11.9 Å². The smallest absolute Gasteiger partial charge is 0.330 e. The third kappa shape index (κ3) is 4.00. The zero-order valence-electron chi connectivity index (χ0n) is 13.6. The van der Waals surface area contributed by atoms with Gasteiger partial charge in [0.25, 0.3) is 5.91 Å². The Bertz CT molecular complexity index is 697. The topological polar surface area (TPSA) is 79.5 Å². The normalized spacial score (nSPS) is 12.0. The SMILES string of the molecule is CCCc1occc1C(=O)NC(C(=O)O)c1cc(C)cc(C)c1. The fraction of sp³-hybridized carbons (Fsp3) is 0.333. The molecule has 0 aliphatic rings. The van der Waals surface area contributed by atoms with E-state index in [0.29, 0.717) is 23.3 Å². The third-order valence-corrected chi connectivity index (χ3v) is 3.57. The predicted octanol–water partition coefficient (Wildman–Crippen LogP) is 3.40. The number of amides is 1. The van der Waals surface area contributed by atoms with E-state index < -0.39 is 17.9 Å². The molecule has 0 aliphatic heterocycles. The fourth-order valence-electron chi connectivity index (χ4n) is 2.64. The van der Waals surface area contributed by atoms with Gasteiger partial charge in [0.15, 0.2) is 6.04 Å². The lowest BCUT2D eigenvalue weighted by molar-refractivity contribution is -0.139. The first kappa shape index (κ1) is 16.8. The highest BCUT2D eigenvalue weighted by atomic mass is 16.4. The molecule has 0 spiro atoms. The van der Waals surface area contributed by atoms with Crippen LogP contribution in [0.15, 0.2) is 34.9 Å². The number of carboxylic acids is 1. The first-order valence-electron chi connectivity index (χ1n) is 7.60. The summed E-state index contributed by atoms with van der Waals surface area (Å²) >= 11 is 0. The van der Waals surface area contributed by atoms with E-state index in [1.807, 2.05) is 26.8 Å². The second-order valence-corrected chi connectivity index (χ2v) is 5.67. The van der Waals surface area contributed by atoms with Gasteiger partial charge in [0, 0.05) is 6.42 Å². The monoisotopic (exact) mass is 315 g/mol. The lowest BCUT2D eigenvalue weighted by Gasteiger charge is -2.16. The molecule has 2 rings (SSSR count). The molecular formula is C18H21NO4. The molecule has 0 bridgehead atoms. The van der Waals surface area contributed by atoms with Crippen LogP contribution < -0.4 is 5.32 Å². The predicted molar refractivity (Wildman–Crippen MR) is 86.5 cm³/mol. The fourth-order valence-corrected chi connectivity index (χ4v) is 2.64. The highest BCUT2D eigenvalue weighted by Crippen LogP contribution is 2.19. The van der Waals surface area contributed by atoms with E-state index in [0.717, 1.165) is 17.5 Å². The summed E-state index contributed by atoms with van der Waals surface area (Å²) in [6.07, 6.45) is 2.93. The van der Waals surface area contributed by atoms with Crippen LogP contribution in [-0.4, -0.2) is 17.0 Å². The van der Waals surface area contributed by atoms with Crippen molar-refractivity contribution in [2.24, 2.45) is 0 Å². The Morgan fingerprint density at radius 2 is 1.87 bits per heavy atom. The van der Waals surface area contributed by atoms with Crippen molar-refractivity contribution in [1.29, 1.82) is 0 Å². The van der Waals surface area contributed by atoms with Crippen molar-refractivity contribution in [2.75, 3.05) is 0 Å². The van der Waals surface area contributed by atoms with Crippen LogP contribution in [0.5, 0.6) is 0 Å². The van der Waals surface area contributed by atoms with Crippen LogP contribution in [0.4, 0.5) is 0 Å². The summed E-state index contributed by atoms with van der Waals surface area (Å²) in [4.78, 5) is 24.0. The third-order valence-electron chi connectivity index (χ3n) is 3.57. The Morgan fingerprint density at radius 1 is 1.22 bits per heavy atom. The average molecular weight is 315 g/mol. The largest absolute Gasteiger partial charge is 0.479 e. The molecule has 5 nitrogen and oxygen atoms in total. The highest BCUT2D eigenvalue weighted by molar-refractivity contribution is 5.97. The van der Waals surface area contributed by atoms with Gasteiger partial charge in [-0.1, -0.05) is 36.2 Å². The van der Waals surface area contributed by atoms with Gasteiger partial charge in [0.05, 0.1) is 11.8 Å². The van der Waals surface area contributed by atoms with Gasteiger partial charge in [0.2, 0.25) is 0 Å². The number of carbonyl (C=O) groups excluding carboxylic acids is 1. The molecule has 5 heteroatoms. The average Bonchev–Trinajstić information content (AvgIpc) is 2.91. The van der Waals surface area contributed by atoms with Gasteiger partial charge in [0.1, 0.15) is 5.76 Å². The molecular weight excluding hydrogens is 294 g/mol. The summed E-state index contributed by atoms with van der Waals surface area (Å²) in [5, 5.41) is 12.1. The molecule has 0 aliphatic carbocycles. The van der Waals surface area contributed by atoms with Gasteiger partial charge < -0.3 is 14.8 Å². The summed E-state index contributed by atoms with van der Waals surface area (Å²) in [6.45, 7) is 5.78. The minimum atomic E-state index is -1.09. The maximum Gasteiger partial charge on any atom is 0.330 e. The van der Waals surface area contributed by atoms with Gasteiger partial charge in [-0.15, -0.1) is 0 Å². The molecule has 0 saturated heterocycles. The van der Waals surface area contributed by atoms with Crippen LogP contribution in [0.2, 0.25) is 0 Å². The number of furan rings is 1. The Hall–Kier alpha value is -2.56.